The molecule has 1 N–H and O–H groups in total. The van der Waals surface area contributed by atoms with Gasteiger partial charge in [0.15, 0.2) is 0 Å². The molecule has 0 spiro atoms. The first-order chi connectivity index (χ1) is 11.4. The minimum Gasteiger partial charge on any atom is -0.465 e. The molecule has 3 heterocycles. The van der Waals surface area contributed by atoms with E-state index in [0.29, 0.717) is 44.9 Å². The van der Waals surface area contributed by atoms with E-state index in [4.69, 9.17) is 4.74 Å². The van der Waals surface area contributed by atoms with Crippen molar-refractivity contribution < 1.29 is 9.53 Å². The first kappa shape index (κ1) is 17.1. The lowest BCUT2D eigenvalue weighted by atomic mass is 9.92. The summed E-state index contributed by atoms with van der Waals surface area (Å²) in [5, 5.41) is 0.490. The molecule has 1 aliphatic rings. The molecule has 2 unspecified atom stereocenters. The number of piperidine rings is 1. The van der Waals surface area contributed by atoms with E-state index < -0.39 is 5.97 Å². The standard InChI is InChI=1S/C17H23N3O3S/c1-9-5-10(2)7-20(6-9)8-12-18-15(21)13-11(3)14(17(22)23-4)24-16(13)19-12/h9-10H,5-8H2,1-4H3,(H,18,19,21). The largest absolute Gasteiger partial charge is 0.465 e. The number of H-pyrrole nitrogens is 1. The van der Waals surface area contributed by atoms with Gasteiger partial charge in [0.25, 0.3) is 5.56 Å². The van der Waals surface area contributed by atoms with Gasteiger partial charge >= 0.3 is 5.97 Å². The molecule has 2 aromatic heterocycles. The zero-order valence-electron chi connectivity index (χ0n) is 14.5. The summed E-state index contributed by atoms with van der Waals surface area (Å²) in [6.07, 6.45) is 1.24. The molecule has 1 fully saturated rings. The van der Waals surface area contributed by atoms with Gasteiger partial charge in [-0.15, -0.1) is 11.3 Å². The molecular formula is C17H23N3O3S. The second-order valence-corrected chi connectivity index (χ2v) is 7.88. The summed E-state index contributed by atoms with van der Waals surface area (Å²) >= 11 is 1.22. The molecule has 6 nitrogen and oxygen atoms in total. The number of carbonyl (C=O) groups excluding carboxylic acids is 1. The predicted octanol–water partition coefficient (Wildman–Crippen LogP) is 2.56. The summed E-state index contributed by atoms with van der Waals surface area (Å²) in [5.74, 6) is 1.54. The normalized spacial score (nSPS) is 22.0. The molecular weight excluding hydrogens is 326 g/mol. The molecule has 1 saturated heterocycles. The van der Waals surface area contributed by atoms with Crippen molar-refractivity contribution in [1.82, 2.24) is 14.9 Å². The average molecular weight is 349 g/mol. The van der Waals surface area contributed by atoms with E-state index in [9.17, 15) is 9.59 Å². The monoisotopic (exact) mass is 349 g/mol. The Kier molecular flexibility index (Phi) is 4.73. The van der Waals surface area contributed by atoms with Gasteiger partial charge in [0.05, 0.1) is 19.0 Å². The zero-order valence-corrected chi connectivity index (χ0v) is 15.3. The van der Waals surface area contributed by atoms with Gasteiger partial charge in [-0.05, 0) is 30.7 Å². The van der Waals surface area contributed by atoms with E-state index in [2.05, 4.69) is 28.7 Å². The Morgan fingerprint density at radius 1 is 1.38 bits per heavy atom. The first-order valence-electron chi connectivity index (χ1n) is 8.22. The van der Waals surface area contributed by atoms with Gasteiger partial charge in [-0.1, -0.05) is 13.8 Å². The van der Waals surface area contributed by atoms with Crippen molar-refractivity contribution in [3.05, 3.63) is 26.6 Å². The van der Waals surface area contributed by atoms with Crippen LogP contribution in [0.2, 0.25) is 0 Å². The maximum atomic E-state index is 12.5. The summed E-state index contributed by atoms with van der Waals surface area (Å²) in [5.41, 5.74) is 0.458. The lowest BCUT2D eigenvalue weighted by molar-refractivity contribution is 0.0605. The van der Waals surface area contributed by atoms with Crippen LogP contribution in [0.1, 0.15) is 41.3 Å². The van der Waals surface area contributed by atoms with Gasteiger partial charge in [0, 0.05) is 13.1 Å². The highest BCUT2D eigenvalue weighted by molar-refractivity contribution is 7.20. The number of thiophene rings is 1. The Bertz CT molecular complexity index is 816. The Morgan fingerprint density at radius 3 is 2.67 bits per heavy atom. The topological polar surface area (TPSA) is 75.3 Å². The van der Waals surface area contributed by atoms with Crippen LogP contribution in [-0.2, 0) is 11.3 Å². The maximum absolute atomic E-state index is 12.5. The number of rotatable bonds is 3. The average Bonchev–Trinajstić information content (AvgIpc) is 2.82. The summed E-state index contributed by atoms with van der Waals surface area (Å²) in [4.78, 5) is 35.1. The van der Waals surface area contributed by atoms with Crippen molar-refractivity contribution in [3.63, 3.8) is 0 Å². The van der Waals surface area contributed by atoms with Crippen LogP contribution in [0.3, 0.4) is 0 Å². The second-order valence-electron chi connectivity index (χ2n) is 6.88. The van der Waals surface area contributed by atoms with E-state index in [0.717, 1.165) is 13.1 Å². The summed E-state index contributed by atoms with van der Waals surface area (Å²) in [6.45, 7) is 8.94. The number of ether oxygens (including phenoxy) is 1. The molecule has 0 aliphatic carbocycles. The summed E-state index contributed by atoms with van der Waals surface area (Å²) in [6, 6.07) is 0. The fourth-order valence-electron chi connectivity index (χ4n) is 3.68. The fourth-order valence-corrected chi connectivity index (χ4v) is 4.80. The highest BCUT2D eigenvalue weighted by Crippen LogP contribution is 2.28. The van der Waals surface area contributed by atoms with Crippen LogP contribution in [-0.4, -0.2) is 41.0 Å². The molecule has 1 aliphatic heterocycles. The molecule has 2 aromatic rings. The van der Waals surface area contributed by atoms with E-state index in [1.807, 2.05) is 0 Å². The molecule has 0 amide bonds. The van der Waals surface area contributed by atoms with Crippen LogP contribution in [0.15, 0.2) is 4.79 Å². The fraction of sp³-hybridized carbons (Fsp3) is 0.588. The van der Waals surface area contributed by atoms with Crippen LogP contribution < -0.4 is 5.56 Å². The van der Waals surface area contributed by atoms with Crippen molar-refractivity contribution in [2.24, 2.45) is 11.8 Å². The Balaban J connectivity index is 1.93. The Morgan fingerprint density at radius 2 is 2.04 bits per heavy atom. The lowest BCUT2D eigenvalue weighted by Gasteiger charge is -2.34. The number of hydrogen-bond donors (Lipinski definition) is 1. The number of aromatic amines is 1. The minimum atomic E-state index is -0.421. The van der Waals surface area contributed by atoms with E-state index >= 15 is 0 Å². The number of aromatic nitrogens is 2. The van der Waals surface area contributed by atoms with E-state index in [-0.39, 0.29) is 5.56 Å². The SMILES string of the molecule is COC(=O)c1sc2nc(CN3CC(C)CC(C)C3)[nH]c(=O)c2c1C. The number of methoxy groups -OCH3 is 1. The zero-order chi connectivity index (χ0) is 17.4. The highest BCUT2D eigenvalue weighted by Gasteiger charge is 2.24. The minimum absolute atomic E-state index is 0.183. The quantitative estimate of drug-likeness (QED) is 0.862. The van der Waals surface area contributed by atoms with Crippen LogP contribution in [0.25, 0.3) is 10.2 Å². The third kappa shape index (κ3) is 3.23. The Hall–Kier alpha value is -1.73. The molecule has 2 atom stereocenters. The number of esters is 1. The van der Waals surface area contributed by atoms with Gasteiger partial charge in [-0.3, -0.25) is 9.69 Å². The van der Waals surface area contributed by atoms with Crippen molar-refractivity contribution >= 4 is 27.5 Å². The van der Waals surface area contributed by atoms with Crippen LogP contribution in [0.4, 0.5) is 0 Å². The maximum Gasteiger partial charge on any atom is 0.348 e. The predicted molar refractivity (Wildman–Crippen MR) is 94.5 cm³/mol. The smallest absolute Gasteiger partial charge is 0.348 e. The molecule has 0 saturated carbocycles. The third-order valence-corrected chi connectivity index (χ3v) is 5.70. The molecule has 0 aromatic carbocycles. The number of nitrogens with one attached hydrogen (secondary N) is 1. The number of hydrogen-bond acceptors (Lipinski definition) is 6. The number of nitrogens with zero attached hydrogens (tertiary/aromatic N) is 2. The van der Waals surface area contributed by atoms with Crippen LogP contribution >= 0.6 is 11.3 Å². The second kappa shape index (κ2) is 6.64. The van der Waals surface area contributed by atoms with E-state index in [1.54, 1.807) is 6.92 Å². The molecule has 3 rings (SSSR count). The van der Waals surface area contributed by atoms with Gasteiger partial charge in [-0.25, -0.2) is 9.78 Å². The van der Waals surface area contributed by atoms with Crippen molar-refractivity contribution in [3.8, 4) is 0 Å². The first-order valence-corrected chi connectivity index (χ1v) is 9.03. The number of fused-ring (bicyclic) bond motifs is 1. The van der Waals surface area contributed by atoms with Gasteiger partial charge in [0.1, 0.15) is 15.5 Å². The molecule has 0 radical (unpaired) electrons. The van der Waals surface area contributed by atoms with Crippen molar-refractivity contribution in [2.75, 3.05) is 20.2 Å². The van der Waals surface area contributed by atoms with Crippen LogP contribution in [0, 0.1) is 18.8 Å². The van der Waals surface area contributed by atoms with Crippen LogP contribution in [0.5, 0.6) is 0 Å². The summed E-state index contributed by atoms with van der Waals surface area (Å²) in [7, 11) is 1.34. The number of aryl methyl sites for hydroxylation is 1. The number of carbonyl (C=O) groups is 1. The molecule has 7 heteroatoms. The molecule has 0 bridgehead atoms. The Labute approximate surface area is 144 Å². The number of likely N-dealkylation sites (tertiary alicyclic amines) is 1. The van der Waals surface area contributed by atoms with Gasteiger partial charge in [0.2, 0.25) is 0 Å². The third-order valence-electron chi connectivity index (χ3n) is 4.54. The van der Waals surface area contributed by atoms with E-state index in [1.165, 1.54) is 24.9 Å². The molecule has 130 valence electrons. The molecule has 24 heavy (non-hydrogen) atoms. The lowest BCUT2D eigenvalue weighted by Crippen LogP contribution is -2.38. The van der Waals surface area contributed by atoms with Gasteiger partial charge in [-0.2, -0.15) is 0 Å². The summed E-state index contributed by atoms with van der Waals surface area (Å²) < 4.78 is 4.79. The highest BCUT2D eigenvalue weighted by atomic mass is 32.1. The van der Waals surface area contributed by atoms with Gasteiger partial charge < -0.3 is 9.72 Å². The van der Waals surface area contributed by atoms with Crippen molar-refractivity contribution in [2.45, 2.75) is 33.7 Å². The van der Waals surface area contributed by atoms with Crippen molar-refractivity contribution in [1.29, 1.82) is 0 Å².